The van der Waals surface area contributed by atoms with Gasteiger partial charge in [-0.3, -0.25) is 9.59 Å². The molecule has 0 saturated heterocycles. The van der Waals surface area contributed by atoms with Gasteiger partial charge in [-0.05, 0) is 53.6 Å². The van der Waals surface area contributed by atoms with Gasteiger partial charge in [-0.25, -0.2) is 0 Å². The normalized spacial score (nSPS) is 22.4. The highest BCUT2D eigenvalue weighted by Crippen LogP contribution is 2.25. The second kappa shape index (κ2) is 7.45. The predicted molar refractivity (Wildman–Crippen MR) is 89.6 cm³/mol. The first kappa shape index (κ1) is 16.5. The summed E-state index contributed by atoms with van der Waals surface area (Å²) in [5, 5.41) is 12.7. The second-order valence-electron chi connectivity index (χ2n) is 5.29. The maximum atomic E-state index is 12.3. The molecule has 21 heavy (non-hydrogen) atoms. The van der Waals surface area contributed by atoms with Crippen molar-refractivity contribution >= 4 is 46.1 Å². The zero-order chi connectivity index (χ0) is 15.4. The SMILES string of the molecule is O=C(NC1CCCCCC1C(=O)O)c1ccc(I)c(Cl)c1. The van der Waals surface area contributed by atoms with E-state index in [-0.39, 0.29) is 11.9 Å². The fraction of sp³-hybridized carbons (Fsp3) is 0.467. The summed E-state index contributed by atoms with van der Waals surface area (Å²) in [4.78, 5) is 23.7. The molecule has 114 valence electrons. The number of carbonyl (C=O) groups excluding carboxylic acids is 1. The van der Waals surface area contributed by atoms with Crippen molar-refractivity contribution < 1.29 is 14.7 Å². The lowest BCUT2D eigenvalue weighted by molar-refractivity contribution is -0.142. The summed E-state index contributed by atoms with van der Waals surface area (Å²) in [6, 6.07) is 4.79. The third-order valence-electron chi connectivity index (χ3n) is 3.83. The van der Waals surface area contributed by atoms with E-state index in [4.69, 9.17) is 11.6 Å². The summed E-state index contributed by atoms with van der Waals surface area (Å²) in [7, 11) is 0. The molecule has 2 unspecified atom stereocenters. The number of halogens is 2. The van der Waals surface area contributed by atoms with Gasteiger partial charge >= 0.3 is 5.97 Å². The molecule has 0 aromatic heterocycles. The van der Waals surface area contributed by atoms with E-state index in [2.05, 4.69) is 27.9 Å². The Bertz CT molecular complexity index is 550. The van der Waals surface area contributed by atoms with E-state index in [9.17, 15) is 14.7 Å². The Hall–Kier alpha value is -0.820. The maximum Gasteiger partial charge on any atom is 0.308 e. The van der Waals surface area contributed by atoms with E-state index in [0.29, 0.717) is 23.4 Å². The maximum absolute atomic E-state index is 12.3. The van der Waals surface area contributed by atoms with Crippen molar-refractivity contribution in [2.24, 2.45) is 5.92 Å². The Balaban J connectivity index is 2.12. The summed E-state index contributed by atoms with van der Waals surface area (Å²) >= 11 is 8.12. The van der Waals surface area contributed by atoms with Crippen molar-refractivity contribution in [3.63, 3.8) is 0 Å². The van der Waals surface area contributed by atoms with E-state index < -0.39 is 11.9 Å². The number of carboxylic acid groups (broad SMARTS) is 1. The molecule has 1 saturated carbocycles. The number of benzene rings is 1. The number of rotatable bonds is 3. The van der Waals surface area contributed by atoms with Crippen molar-refractivity contribution in [2.75, 3.05) is 0 Å². The molecule has 0 spiro atoms. The molecule has 2 atom stereocenters. The zero-order valence-electron chi connectivity index (χ0n) is 11.4. The summed E-state index contributed by atoms with van der Waals surface area (Å²) in [6.45, 7) is 0. The van der Waals surface area contributed by atoms with Crippen LogP contribution in [0.3, 0.4) is 0 Å². The molecule has 6 heteroatoms. The molecule has 0 bridgehead atoms. The van der Waals surface area contributed by atoms with Crippen molar-refractivity contribution in [2.45, 2.75) is 38.1 Å². The first-order chi connectivity index (χ1) is 9.99. The Labute approximate surface area is 142 Å². The van der Waals surface area contributed by atoms with E-state index in [1.54, 1.807) is 18.2 Å². The number of hydrogen-bond donors (Lipinski definition) is 2. The van der Waals surface area contributed by atoms with Crippen LogP contribution in [-0.2, 0) is 4.79 Å². The smallest absolute Gasteiger partial charge is 0.308 e. The number of nitrogens with one attached hydrogen (secondary N) is 1. The van der Waals surface area contributed by atoms with E-state index in [1.165, 1.54) is 0 Å². The monoisotopic (exact) mass is 421 g/mol. The van der Waals surface area contributed by atoms with Crippen LogP contribution in [0.4, 0.5) is 0 Å². The van der Waals surface area contributed by atoms with Crippen molar-refractivity contribution in [1.82, 2.24) is 5.32 Å². The lowest BCUT2D eigenvalue weighted by Crippen LogP contribution is -2.42. The Morgan fingerprint density at radius 1 is 1.24 bits per heavy atom. The van der Waals surface area contributed by atoms with Crippen molar-refractivity contribution in [3.8, 4) is 0 Å². The third-order valence-corrected chi connectivity index (χ3v) is 5.40. The van der Waals surface area contributed by atoms with Crippen LogP contribution in [0.15, 0.2) is 18.2 Å². The van der Waals surface area contributed by atoms with Crippen molar-refractivity contribution in [1.29, 1.82) is 0 Å². The standard InChI is InChI=1S/C15H17ClINO3/c16-11-8-9(6-7-12(11)17)14(19)18-13-5-3-1-2-4-10(13)15(20)21/h6-8,10,13H,1-5H2,(H,18,19)(H,20,21). The average molecular weight is 422 g/mol. The summed E-state index contributed by atoms with van der Waals surface area (Å²) in [5.74, 6) is -1.59. The number of amides is 1. The van der Waals surface area contributed by atoms with Crippen LogP contribution < -0.4 is 5.32 Å². The molecule has 2 rings (SSSR count). The molecular weight excluding hydrogens is 405 g/mol. The number of aliphatic carboxylic acids is 1. The first-order valence-electron chi connectivity index (χ1n) is 6.98. The Morgan fingerprint density at radius 3 is 2.62 bits per heavy atom. The summed E-state index contributed by atoms with van der Waals surface area (Å²) < 4.78 is 0.878. The van der Waals surface area contributed by atoms with Gasteiger partial charge in [0.1, 0.15) is 0 Å². The van der Waals surface area contributed by atoms with E-state index in [1.807, 2.05) is 0 Å². The molecular formula is C15H17ClINO3. The van der Waals surface area contributed by atoms with Gasteiger partial charge in [-0.15, -0.1) is 0 Å². The minimum absolute atomic E-state index is 0.258. The molecule has 1 aromatic rings. The fourth-order valence-electron chi connectivity index (χ4n) is 2.67. The minimum atomic E-state index is -0.831. The van der Waals surface area contributed by atoms with Gasteiger partial charge in [0.25, 0.3) is 5.91 Å². The second-order valence-corrected chi connectivity index (χ2v) is 6.86. The van der Waals surface area contributed by atoms with Crippen LogP contribution in [0.5, 0.6) is 0 Å². The van der Waals surface area contributed by atoms with Crippen LogP contribution in [0, 0.1) is 9.49 Å². The molecule has 1 amide bonds. The van der Waals surface area contributed by atoms with Gasteiger partial charge in [-0.2, -0.15) is 0 Å². The highest BCUT2D eigenvalue weighted by Gasteiger charge is 2.30. The van der Waals surface area contributed by atoms with E-state index in [0.717, 1.165) is 22.8 Å². The molecule has 1 aliphatic rings. The molecule has 0 radical (unpaired) electrons. The molecule has 2 N–H and O–H groups in total. The number of carboxylic acids is 1. The zero-order valence-corrected chi connectivity index (χ0v) is 14.4. The largest absolute Gasteiger partial charge is 0.481 e. The predicted octanol–water partition coefficient (Wildman–Crippen LogP) is 3.71. The van der Waals surface area contributed by atoms with E-state index >= 15 is 0 Å². The van der Waals surface area contributed by atoms with Crippen LogP contribution in [-0.4, -0.2) is 23.0 Å². The third kappa shape index (κ3) is 4.32. The number of carbonyl (C=O) groups is 2. The molecule has 0 heterocycles. The molecule has 1 aromatic carbocycles. The van der Waals surface area contributed by atoms with Crippen LogP contribution in [0.25, 0.3) is 0 Å². The van der Waals surface area contributed by atoms with Gasteiger partial charge in [-0.1, -0.05) is 30.9 Å². The molecule has 1 aliphatic carbocycles. The topological polar surface area (TPSA) is 66.4 Å². The van der Waals surface area contributed by atoms with Crippen molar-refractivity contribution in [3.05, 3.63) is 32.4 Å². The lowest BCUT2D eigenvalue weighted by atomic mass is 9.94. The quantitative estimate of drug-likeness (QED) is 0.578. The Morgan fingerprint density at radius 2 is 1.95 bits per heavy atom. The van der Waals surface area contributed by atoms with Gasteiger partial charge in [0, 0.05) is 15.2 Å². The van der Waals surface area contributed by atoms with Crippen LogP contribution >= 0.6 is 34.2 Å². The summed E-state index contributed by atoms with van der Waals surface area (Å²) in [6.07, 6.45) is 4.20. The molecule has 0 aliphatic heterocycles. The highest BCUT2D eigenvalue weighted by atomic mass is 127. The first-order valence-corrected chi connectivity index (χ1v) is 8.43. The minimum Gasteiger partial charge on any atom is -0.481 e. The van der Waals surface area contributed by atoms with Gasteiger partial charge < -0.3 is 10.4 Å². The van der Waals surface area contributed by atoms with Crippen LogP contribution in [0.1, 0.15) is 42.5 Å². The van der Waals surface area contributed by atoms with Gasteiger partial charge in [0.2, 0.25) is 0 Å². The van der Waals surface area contributed by atoms with Gasteiger partial charge in [0.15, 0.2) is 0 Å². The lowest BCUT2D eigenvalue weighted by Gasteiger charge is -2.23. The number of hydrogen-bond acceptors (Lipinski definition) is 2. The van der Waals surface area contributed by atoms with Crippen LogP contribution in [0.2, 0.25) is 5.02 Å². The molecule has 1 fully saturated rings. The fourth-order valence-corrected chi connectivity index (χ4v) is 3.18. The average Bonchev–Trinajstić information content (AvgIpc) is 2.67. The van der Waals surface area contributed by atoms with Gasteiger partial charge in [0.05, 0.1) is 10.9 Å². The Kier molecular flexibility index (Phi) is 5.87. The highest BCUT2D eigenvalue weighted by molar-refractivity contribution is 14.1. The molecule has 4 nitrogen and oxygen atoms in total. The summed E-state index contributed by atoms with van der Waals surface area (Å²) in [5.41, 5.74) is 0.466.